The summed E-state index contributed by atoms with van der Waals surface area (Å²) in [5.74, 6) is -0.279. The second-order valence-electron chi connectivity index (χ2n) is 3.76. The Morgan fingerprint density at radius 2 is 0.950 bits per heavy atom. The second kappa shape index (κ2) is 9.61. The van der Waals surface area contributed by atoms with E-state index in [4.69, 9.17) is 0 Å². The average Bonchev–Trinajstić information content (AvgIpc) is 2.40. The molecule has 5 heteroatoms. The lowest BCUT2D eigenvalue weighted by atomic mass is 10.0. The third-order valence-corrected chi connectivity index (χ3v) is 2.51. The maximum Gasteiger partial charge on any atom is 0.170 e. The molecule has 0 saturated carbocycles. The molecule has 0 N–H and O–H groups in total. The fraction of sp³-hybridized carbons (Fsp3) is 0.0667. The van der Waals surface area contributed by atoms with Crippen LogP contribution in [0, 0.1) is 0 Å². The fourth-order valence-corrected chi connectivity index (χ4v) is 1.60. The average molecular weight is 275 g/mol. The molecule has 2 nitrogen and oxygen atoms in total. The van der Waals surface area contributed by atoms with Crippen LogP contribution in [0.1, 0.15) is 27.1 Å². The molecule has 0 aliphatic carbocycles. The van der Waals surface area contributed by atoms with Gasteiger partial charge in [0.15, 0.2) is 11.6 Å². The van der Waals surface area contributed by atoms with Gasteiger partial charge in [-0.05, 0) is 0 Å². The molecule has 0 atom stereocenters. The Morgan fingerprint density at radius 3 is 1.25 bits per heavy atom. The highest BCUT2D eigenvalue weighted by molar-refractivity contribution is 6.13. The standard InChI is InChI=1S/C15H12O2.B.2FH/c16-14(12-7-3-1-4-8-12)11-15(17)13-9-5-2-6-10-13;;;/h1-10H,11H2;;2*1H. The maximum atomic E-state index is 11.8. The molecule has 2 aromatic carbocycles. The zero-order valence-electron chi connectivity index (χ0n) is 10.7. The molecular formula is C15H14BF2O2. The van der Waals surface area contributed by atoms with Crippen molar-refractivity contribution in [3.8, 4) is 0 Å². The van der Waals surface area contributed by atoms with Gasteiger partial charge in [-0.2, -0.15) is 0 Å². The number of hydrogen-bond donors (Lipinski definition) is 0. The van der Waals surface area contributed by atoms with Gasteiger partial charge in [0.05, 0.1) is 6.42 Å². The number of halogens is 2. The summed E-state index contributed by atoms with van der Waals surface area (Å²) in [6, 6.07) is 17.7. The van der Waals surface area contributed by atoms with Crippen molar-refractivity contribution in [2.24, 2.45) is 0 Å². The molecule has 0 bridgehead atoms. The van der Waals surface area contributed by atoms with Crippen molar-refractivity contribution < 1.29 is 19.0 Å². The first-order valence-electron chi connectivity index (χ1n) is 5.44. The van der Waals surface area contributed by atoms with Gasteiger partial charge in [0.1, 0.15) is 0 Å². The predicted molar refractivity (Wildman–Crippen MR) is 76.9 cm³/mol. The van der Waals surface area contributed by atoms with E-state index in [1.165, 1.54) is 0 Å². The third-order valence-electron chi connectivity index (χ3n) is 2.51. The Hall–Kier alpha value is -2.30. The molecule has 20 heavy (non-hydrogen) atoms. The summed E-state index contributed by atoms with van der Waals surface area (Å²) in [4.78, 5) is 23.6. The molecule has 0 aliphatic rings. The fourth-order valence-electron chi connectivity index (χ4n) is 1.60. The molecule has 0 amide bonds. The number of ketones is 2. The third kappa shape index (κ3) is 5.14. The highest BCUT2D eigenvalue weighted by Gasteiger charge is 2.12. The van der Waals surface area contributed by atoms with Crippen molar-refractivity contribution in [2.75, 3.05) is 0 Å². The molecule has 0 aliphatic heterocycles. The number of benzene rings is 2. The van der Waals surface area contributed by atoms with E-state index in [9.17, 15) is 9.59 Å². The molecule has 103 valence electrons. The minimum Gasteiger partial charge on any atom is -0.294 e. The zero-order chi connectivity index (χ0) is 12.1. The van der Waals surface area contributed by atoms with Crippen molar-refractivity contribution in [3.63, 3.8) is 0 Å². The number of rotatable bonds is 4. The van der Waals surface area contributed by atoms with E-state index in [1.807, 2.05) is 12.1 Å². The minimum atomic E-state index is -0.139. The number of carbonyl (C=O) groups excluding carboxylic acids is 2. The van der Waals surface area contributed by atoms with E-state index < -0.39 is 0 Å². The van der Waals surface area contributed by atoms with Crippen LogP contribution in [0.15, 0.2) is 60.7 Å². The second-order valence-corrected chi connectivity index (χ2v) is 3.76. The topological polar surface area (TPSA) is 34.1 Å². The highest BCUT2D eigenvalue weighted by atomic mass is 19.0. The molecule has 3 radical (unpaired) electrons. The van der Waals surface area contributed by atoms with Crippen molar-refractivity contribution in [3.05, 3.63) is 71.8 Å². The van der Waals surface area contributed by atoms with Crippen LogP contribution < -0.4 is 0 Å². The molecule has 0 unspecified atom stereocenters. The molecule has 2 rings (SSSR count). The van der Waals surface area contributed by atoms with Crippen LogP contribution in [-0.2, 0) is 0 Å². The summed E-state index contributed by atoms with van der Waals surface area (Å²) < 4.78 is 0. The summed E-state index contributed by atoms with van der Waals surface area (Å²) in [6.45, 7) is 0. The molecule has 2 aromatic rings. The van der Waals surface area contributed by atoms with E-state index in [1.54, 1.807) is 48.5 Å². The summed E-state index contributed by atoms with van der Waals surface area (Å²) in [6.07, 6.45) is -0.0754. The molecule has 0 fully saturated rings. The molecule has 0 heterocycles. The van der Waals surface area contributed by atoms with Crippen LogP contribution in [0.3, 0.4) is 0 Å². The summed E-state index contributed by atoms with van der Waals surface area (Å²) in [5.41, 5.74) is 1.16. The lowest BCUT2D eigenvalue weighted by Gasteiger charge is -2.00. The predicted octanol–water partition coefficient (Wildman–Crippen LogP) is 3.07. The van der Waals surface area contributed by atoms with Crippen molar-refractivity contribution >= 4 is 20.0 Å². The van der Waals surface area contributed by atoms with Gasteiger partial charge in [0.2, 0.25) is 0 Å². The SMILES string of the molecule is F.F.O=C(CC(=O)c1ccccc1)c1ccccc1.[B]. The summed E-state index contributed by atoms with van der Waals surface area (Å²) in [7, 11) is 0. The normalized spacial score (nSPS) is 8.40. The van der Waals surface area contributed by atoms with Gasteiger partial charge in [-0.3, -0.25) is 19.0 Å². The lowest BCUT2D eigenvalue weighted by Crippen LogP contribution is -2.08. The van der Waals surface area contributed by atoms with Crippen LogP contribution in [0.5, 0.6) is 0 Å². The van der Waals surface area contributed by atoms with E-state index in [0.717, 1.165) is 0 Å². The Kier molecular flexibility index (Phi) is 9.63. The zero-order valence-corrected chi connectivity index (χ0v) is 10.7. The van der Waals surface area contributed by atoms with Gasteiger partial charge >= 0.3 is 0 Å². The molecule has 0 saturated heterocycles. The van der Waals surface area contributed by atoms with Gasteiger partial charge in [-0.25, -0.2) is 0 Å². The monoisotopic (exact) mass is 275 g/mol. The van der Waals surface area contributed by atoms with Crippen LogP contribution in [0.2, 0.25) is 0 Å². The Bertz CT molecular complexity index is 481. The lowest BCUT2D eigenvalue weighted by molar-refractivity contribution is 0.0894. The quantitative estimate of drug-likeness (QED) is 0.488. The van der Waals surface area contributed by atoms with Crippen molar-refractivity contribution in [1.82, 2.24) is 0 Å². The number of Topliss-reactive ketones (excluding diaryl/α,β-unsaturated/α-hetero) is 2. The molecule has 0 aromatic heterocycles. The van der Waals surface area contributed by atoms with E-state index in [0.29, 0.717) is 11.1 Å². The Balaban J connectivity index is 0. The molecular weight excluding hydrogens is 261 g/mol. The van der Waals surface area contributed by atoms with E-state index in [-0.39, 0.29) is 35.8 Å². The van der Waals surface area contributed by atoms with E-state index in [2.05, 4.69) is 0 Å². The minimum absolute atomic E-state index is 0. The van der Waals surface area contributed by atoms with Gasteiger partial charge in [0.25, 0.3) is 0 Å². The maximum absolute atomic E-state index is 11.8. The van der Waals surface area contributed by atoms with Gasteiger partial charge in [0, 0.05) is 19.5 Å². The number of carbonyl (C=O) groups is 2. The van der Waals surface area contributed by atoms with Crippen LogP contribution >= 0.6 is 0 Å². The van der Waals surface area contributed by atoms with Crippen LogP contribution in [-0.4, -0.2) is 20.0 Å². The smallest absolute Gasteiger partial charge is 0.170 e. The first-order valence-corrected chi connectivity index (χ1v) is 5.44. The largest absolute Gasteiger partial charge is 0.294 e. The highest BCUT2D eigenvalue weighted by Crippen LogP contribution is 2.08. The first kappa shape index (κ1) is 20.0. The summed E-state index contributed by atoms with van der Waals surface area (Å²) in [5, 5.41) is 0. The Morgan fingerprint density at radius 1 is 0.650 bits per heavy atom. The number of hydrogen-bond acceptors (Lipinski definition) is 2. The van der Waals surface area contributed by atoms with Crippen LogP contribution in [0.25, 0.3) is 0 Å². The molecule has 0 spiro atoms. The summed E-state index contributed by atoms with van der Waals surface area (Å²) >= 11 is 0. The first-order chi connectivity index (χ1) is 8.27. The van der Waals surface area contributed by atoms with Gasteiger partial charge in [-0.15, -0.1) is 0 Å². The van der Waals surface area contributed by atoms with Crippen LogP contribution in [0.4, 0.5) is 9.41 Å². The van der Waals surface area contributed by atoms with Gasteiger partial charge in [-0.1, -0.05) is 60.7 Å². The van der Waals surface area contributed by atoms with Crippen molar-refractivity contribution in [1.29, 1.82) is 0 Å². The van der Waals surface area contributed by atoms with Gasteiger partial charge < -0.3 is 0 Å². The van der Waals surface area contributed by atoms with Crippen molar-refractivity contribution in [2.45, 2.75) is 6.42 Å². The van der Waals surface area contributed by atoms with E-state index >= 15 is 0 Å². The Labute approximate surface area is 118 Å².